The van der Waals surface area contributed by atoms with E-state index in [-0.39, 0.29) is 81.2 Å². The summed E-state index contributed by atoms with van der Waals surface area (Å²) in [6.07, 6.45) is 0. The van der Waals surface area contributed by atoms with E-state index >= 15 is 0 Å². The monoisotopic (exact) mass is 442 g/mol. The van der Waals surface area contributed by atoms with Crippen LogP contribution in [0.1, 0.15) is 71.4 Å². The van der Waals surface area contributed by atoms with E-state index < -0.39 is 18.4 Å². The van der Waals surface area contributed by atoms with Crippen LogP contribution in [0, 0.1) is 0 Å². The molecule has 132 valence electrons. The molecule has 0 aromatic heterocycles. The summed E-state index contributed by atoms with van der Waals surface area (Å²) in [5, 5.41) is 0. The van der Waals surface area contributed by atoms with Crippen LogP contribution in [-0.4, -0.2) is 11.0 Å². The SMILES string of the molecule is CC(C)c1ccc(C(=O)P(=O)([O-])C(=O)c2ccc(C(C)C)cc2)cc1.[Rb+]. The topological polar surface area (TPSA) is 74.3 Å². The van der Waals surface area contributed by atoms with Crippen molar-refractivity contribution in [3.8, 4) is 0 Å². The first-order chi connectivity index (χ1) is 11.6. The molecule has 0 amide bonds. The molecule has 2 aromatic carbocycles. The zero-order chi connectivity index (χ0) is 18.8. The maximum Gasteiger partial charge on any atom is 1.00 e. The summed E-state index contributed by atoms with van der Waals surface area (Å²) in [5.41, 5.74) is -0.271. The second kappa shape index (κ2) is 9.81. The van der Waals surface area contributed by atoms with E-state index in [0.29, 0.717) is 0 Å². The molecule has 0 heterocycles. The van der Waals surface area contributed by atoms with Crippen LogP contribution >= 0.6 is 7.37 Å². The van der Waals surface area contributed by atoms with Crippen molar-refractivity contribution in [1.82, 2.24) is 0 Å². The maximum atomic E-state index is 12.4. The van der Waals surface area contributed by atoms with E-state index in [9.17, 15) is 19.0 Å². The summed E-state index contributed by atoms with van der Waals surface area (Å²) >= 11 is 0. The van der Waals surface area contributed by atoms with Gasteiger partial charge < -0.3 is 9.46 Å². The Hall–Kier alpha value is -0.225. The molecular formula is C20H22O4PRb. The van der Waals surface area contributed by atoms with E-state index in [1.54, 1.807) is 24.3 Å². The van der Waals surface area contributed by atoms with Gasteiger partial charge in [-0.05, 0) is 23.0 Å². The third kappa shape index (κ3) is 5.40. The van der Waals surface area contributed by atoms with Gasteiger partial charge in [-0.2, -0.15) is 0 Å². The van der Waals surface area contributed by atoms with Gasteiger partial charge in [0.2, 0.25) is 11.0 Å². The Balaban J connectivity index is 0.00000338. The fourth-order valence-corrected chi connectivity index (χ4v) is 3.62. The average Bonchev–Trinajstić information content (AvgIpc) is 2.60. The van der Waals surface area contributed by atoms with Gasteiger partial charge in [0.25, 0.3) is 0 Å². The van der Waals surface area contributed by atoms with E-state index in [4.69, 9.17) is 0 Å². The largest absolute Gasteiger partial charge is 1.00 e. The second-order valence-corrected chi connectivity index (χ2v) is 8.63. The van der Waals surface area contributed by atoms with Gasteiger partial charge in [-0.15, -0.1) is 0 Å². The van der Waals surface area contributed by atoms with Gasteiger partial charge in [0.15, 0.2) is 7.37 Å². The Morgan fingerprint density at radius 1 is 0.731 bits per heavy atom. The Morgan fingerprint density at radius 3 is 1.23 bits per heavy atom. The number of carbonyl (C=O) groups excluding carboxylic acids is 2. The Labute approximate surface area is 203 Å². The fraction of sp³-hybridized carbons (Fsp3) is 0.300. The fourth-order valence-electron chi connectivity index (χ4n) is 2.45. The van der Waals surface area contributed by atoms with Crippen molar-refractivity contribution in [3.63, 3.8) is 0 Å². The minimum atomic E-state index is -4.92. The van der Waals surface area contributed by atoms with E-state index in [0.717, 1.165) is 11.1 Å². The minimum Gasteiger partial charge on any atom is -0.788 e. The van der Waals surface area contributed by atoms with Gasteiger partial charge >= 0.3 is 58.2 Å². The molecule has 0 aliphatic rings. The number of carbonyl (C=O) groups is 2. The van der Waals surface area contributed by atoms with Crippen LogP contribution in [0.4, 0.5) is 0 Å². The Kier molecular flexibility index (Phi) is 8.99. The molecule has 0 saturated carbocycles. The molecule has 0 radical (unpaired) electrons. The summed E-state index contributed by atoms with van der Waals surface area (Å²) in [4.78, 5) is 37.1. The van der Waals surface area contributed by atoms with Crippen molar-refractivity contribution >= 4 is 18.4 Å². The Bertz CT molecular complexity index is 756. The van der Waals surface area contributed by atoms with Crippen LogP contribution in [0.2, 0.25) is 0 Å². The average molecular weight is 443 g/mol. The third-order valence-corrected chi connectivity index (χ3v) is 5.77. The number of benzene rings is 2. The molecule has 0 N–H and O–H groups in total. The summed E-state index contributed by atoms with van der Waals surface area (Å²) in [5.74, 6) is 0.536. The van der Waals surface area contributed by atoms with Crippen LogP contribution < -0.4 is 63.1 Å². The van der Waals surface area contributed by atoms with E-state index in [1.807, 2.05) is 27.7 Å². The van der Waals surface area contributed by atoms with E-state index in [1.165, 1.54) is 24.3 Å². The molecule has 0 aliphatic carbocycles. The molecule has 0 atom stereocenters. The second-order valence-electron chi connectivity index (χ2n) is 6.72. The predicted octanol–water partition coefficient (Wildman–Crippen LogP) is 1.56. The van der Waals surface area contributed by atoms with Crippen molar-refractivity contribution in [1.29, 1.82) is 0 Å². The molecule has 0 unspecified atom stereocenters. The van der Waals surface area contributed by atoms with Crippen molar-refractivity contribution in [2.45, 2.75) is 39.5 Å². The van der Waals surface area contributed by atoms with Gasteiger partial charge in [0.05, 0.1) is 0 Å². The van der Waals surface area contributed by atoms with Gasteiger partial charge in [0.1, 0.15) is 0 Å². The molecule has 2 aromatic rings. The minimum absolute atomic E-state index is 0. The molecule has 2 rings (SSSR count). The van der Waals surface area contributed by atoms with Crippen molar-refractivity contribution in [3.05, 3.63) is 70.8 Å². The summed E-state index contributed by atoms with van der Waals surface area (Å²) in [6, 6.07) is 12.7. The molecule has 0 bridgehead atoms. The molecule has 6 heteroatoms. The first kappa shape index (κ1) is 23.8. The van der Waals surface area contributed by atoms with Gasteiger partial charge in [-0.1, -0.05) is 76.2 Å². The summed E-state index contributed by atoms with van der Waals surface area (Å²) < 4.78 is 12.4. The van der Waals surface area contributed by atoms with Crippen LogP contribution in [0.25, 0.3) is 0 Å². The number of hydrogen-bond donors (Lipinski definition) is 0. The third-order valence-electron chi connectivity index (χ3n) is 4.18. The van der Waals surface area contributed by atoms with Crippen molar-refractivity contribution < 1.29 is 77.2 Å². The van der Waals surface area contributed by atoms with Gasteiger partial charge in [-0.25, -0.2) is 0 Å². The zero-order valence-electron chi connectivity index (χ0n) is 15.9. The van der Waals surface area contributed by atoms with Gasteiger partial charge in [0, 0.05) is 11.1 Å². The molecule has 26 heavy (non-hydrogen) atoms. The molecule has 0 fully saturated rings. The van der Waals surface area contributed by atoms with Crippen molar-refractivity contribution in [2.24, 2.45) is 0 Å². The molecule has 4 nitrogen and oxygen atoms in total. The van der Waals surface area contributed by atoms with Gasteiger partial charge in [-0.3, -0.25) is 9.59 Å². The predicted molar refractivity (Wildman–Crippen MR) is 97.3 cm³/mol. The first-order valence-electron chi connectivity index (χ1n) is 8.25. The standard InChI is InChI=1S/C20H23O4P.Rb/c1-13(2)15-5-9-17(10-6-15)19(21)25(23,24)20(22)18-11-7-16(8-12-18)14(3)4;/h5-14H,1-4H3,(H,23,24);/q;+1/p-1. The van der Waals surface area contributed by atoms with Crippen LogP contribution in [-0.2, 0) is 4.57 Å². The summed E-state index contributed by atoms with van der Waals surface area (Å²) in [7, 11) is -4.92. The van der Waals surface area contributed by atoms with Crippen LogP contribution in [0.15, 0.2) is 48.5 Å². The van der Waals surface area contributed by atoms with Crippen LogP contribution in [0.5, 0.6) is 0 Å². The molecular weight excluding hydrogens is 421 g/mol. The summed E-state index contributed by atoms with van der Waals surface area (Å²) in [6.45, 7) is 8.00. The Morgan fingerprint density at radius 2 is 1.00 bits per heavy atom. The molecule has 0 saturated heterocycles. The smallest absolute Gasteiger partial charge is 0.788 e. The first-order valence-corrected chi connectivity index (χ1v) is 9.87. The number of hydrogen-bond acceptors (Lipinski definition) is 4. The van der Waals surface area contributed by atoms with E-state index in [2.05, 4.69) is 0 Å². The molecule has 0 aliphatic heterocycles. The normalized spacial score (nSPS) is 11.3. The quantitative estimate of drug-likeness (QED) is 0.636. The number of rotatable bonds is 6. The maximum absolute atomic E-state index is 12.4. The van der Waals surface area contributed by atoms with Crippen LogP contribution in [0.3, 0.4) is 0 Å². The molecule has 0 spiro atoms. The zero-order valence-corrected chi connectivity index (χ0v) is 21.7. The van der Waals surface area contributed by atoms with Crippen molar-refractivity contribution in [2.75, 3.05) is 0 Å².